The van der Waals surface area contributed by atoms with Crippen molar-refractivity contribution in [2.75, 3.05) is 0 Å². The average Bonchev–Trinajstić information content (AvgIpc) is 2.60. The highest BCUT2D eigenvalue weighted by Crippen LogP contribution is 2.30. The Bertz CT molecular complexity index is 629. The highest BCUT2D eigenvalue weighted by atomic mass is 32.2. The largest absolute Gasteiger partial charge is 0.187 e. The first-order valence-corrected chi connectivity index (χ1v) is 9.57. The third kappa shape index (κ3) is 6.36. The van der Waals surface area contributed by atoms with Gasteiger partial charge in [0.1, 0.15) is 11.2 Å². The molecule has 0 radical (unpaired) electrons. The maximum atomic E-state index is 6.12. The van der Waals surface area contributed by atoms with Crippen molar-refractivity contribution in [1.82, 2.24) is 0 Å². The summed E-state index contributed by atoms with van der Waals surface area (Å²) >= 11 is 1.70. The molecular weight excluding hydrogens is 336 g/mol. The average molecular weight is 363 g/mol. The first-order valence-electron chi connectivity index (χ1n) is 7.95. The fraction of sp³-hybridized carbons (Fsp3) is 0.300. The predicted octanol–water partition coefficient (Wildman–Crippen LogP) is 4.71. The molecule has 0 saturated carbocycles. The first-order chi connectivity index (χ1) is 11.4. The highest BCUT2D eigenvalue weighted by molar-refractivity contribution is 7.73. The van der Waals surface area contributed by atoms with E-state index in [9.17, 15) is 0 Å². The Balaban J connectivity index is 1.92. The van der Waals surface area contributed by atoms with Gasteiger partial charge in [0, 0.05) is 6.42 Å². The molecule has 0 aliphatic heterocycles. The van der Waals surface area contributed by atoms with Gasteiger partial charge in [0.05, 0.1) is 0 Å². The van der Waals surface area contributed by atoms with Crippen molar-refractivity contribution in [3.05, 3.63) is 73.3 Å². The molecule has 0 aromatic heterocycles. The number of thiol groups is 2. The zero-order valence-corrected chi connectivity index (χ0v) is 16.3. The van der Waals surface area contributed by atoms with E-state index in [0.717, 1.165) is 40.3 Å². The lowest BCUT2D eigenvalue weighted by molar-refractivity contribution is 0.0435. The number of rotatable bonds is 9. The van der Waals surface area contributed by atoms with Gasteiger partial charge < -0.3 is 0 Å². The van der Waals surface area contributed by atoms with Gasteiger partial charge in [-0.25, -0.2) is 0 Å². The van der Waals surface area contributed by atoms with Gasteiger partial charge in [-0.1, -0.05) is 42.5 Å². The van der Waals surface area contributed by atoms with E-state index in [1.165, 1.54) is 0 Å². The molecule has 0 heterocycles. The summed E-state index contributed by atoms with van der Waals surface area (Å²) in [4.78, 5) is 2.28. The van der Waals surface area contributed by atoms with Crippen molar-refractivity contribution in [3.8, 4) is 0 Å². The van der Waals surface area contributed by atoms with Crippen LogP contribution in [0.4, 0.5) is 0 Å². The minimum atomic E-state index is -0.451. The van der Waals surface area contributed by atoms with Gasteiger partial charge in [-0.05, 0) is 45.0 Å². The summed E-state index contributed by atoms with van der Waals surface area (Å²) in [5, 5.41) is 0. The molecular formula is C20H26O2S2+2. The van der Waals surface area contributed by atoms with Gasteiger partial charge in [0.25, 0.3) is 0 Å². The molecule has 0 aliphatic rings. The Morgan fingerprint density at radius 1 is 0.833 bits per heavy atom. The summed E-state index contributed by atoms with van der Waals surface area (Å²) in [6.07, 6.45) is 2.59. The molecule has 2 aromatic rings. The summed E-state index contributed by atoms with van der Waals surface area (Å²) in [5.41, 5.74) is -0.778. The van der Waals surface area contributed by atoms with Crippen molar-refractivity contribution in [2.24, 2.45) is 0 Å². The SMILES string of the molecule is C=CC(C)(CC(C)(C)O[SH+]c1ccccc1)O[SH+]c1ccccc1. The third-order valence-corrected chi connectivity index (χ3v) is 5.59. The van der Waals surface area contributed by atoms with Crippen LogP contribution in [0.2, 0.25) is 0 Å². The molecule has 0 saturated heterocycles. The van der Waals surface area contributed by atoms with Crippen molar-refractivity contribution >= 4 is 24.1 Å². The van der Waals surface area contributed by atoms with Crippen LogP contribution < -0.4 is 0 Å². The van der Waals surface area contributed by atoms with Crippen LogP contribution in [0.5, 0.6) is 0 Å². The number of benzene rings is 2. The molecule has 4 heteroatoms. The van der Waals surface area contributed by atoms with Gasteiger partial charge in [0.2, 0.25) is 0 Å². The van der Waals surface area contributed by atoms with Gasteiger partial charge in [-0.3, -0.25) is 0 Å². The van der Waals surface area contributed by atoms with Crippen LogP contribution >= 0.6 is 0 Å². The van der Waals surface area contributed by atoms with E-state index in [0.29, 0.717) is 0 Å². The Kier molecular flexibility index (Phi) is 6.99. The second-order valence-corrected chi connectivity index (χ2v) is 8.25. The van der Waals surface area contributed by atoms with Crippen molar-refractivity contribution < 1.29 is 8.37 Å². The molecule has 1 unspecified atom stereocenters. The summed E-state index contributed by atoms with van der Waals surface area (Å²) < 4.78 is 12.2. The fourth-order valence-electron chi connectivity index (χ4n) is 2.33. The quantitative estimate of drug-likeness (QED) is 0.365. The molecule has 0 N–H and O–H groups in total. The lowest BCUT2D eigenvalue weighted by Crippen LogP contribution is -2.37. The first kappa shape index (κ1) is 19.1. The Morgan fingerprint density at radius 3 is 1.75 bits per heavy atom. The summed E-state index contributed by atoms with van der Waals surface area (Å²) in [6.45, 7) is 10.2. The molecule has 1 atom stereocenters. The van der Waals surface area contributed by atoms with E-state index in [1.807, 2.05) is 42.5 Å². The van der Waals surface area contributed by atoms with Gasteiger partial charge in [-0.2, -0.15) is 8.37 Å². The summed E-state index contributed by atoms with van der Waals surface area (Å²) in [5.74, 6) is 0. The van der Waals surface area contributed by atoms with Crippen molar-refractivity contribution in [2.45, 2.75) is 48.2 Å². The van der Waals surface area contributed by atoms with E-state index in [2.05, 4.69) is 51.6 Å². The number of hydrogen-bond acceptors (Lipinski definition) is 2. The van der Waals surface area contributed by atoms with Crippen LogP contribution in [0.1, 0.15) is 27.2 Å². The maximum absolute atomic E-state index is 6.12. The normalized spacial score (nSPS) is 14.1. The molecule has 2 rings (SSSR count). The van der Waals surface area contributed by atoms with Crippen LogP contribution in [0.15, 0.2) is 83.1 Å². The van der Waals surface area contributed by atoms with E-state index in [1.54, 1.807) is 0 Å². The van der Waals surface area contributed by atoms with Crippen LogP contribution in [-0.2, 0) is 32.5 Å². The lowest BCUT2D eigenvalue weighted by atomic mass is 9.91. The van der Waals surface area contributed by atoms with Crippen LogP contribution in [0, 0.1) is 0 Å². The smallest absolute Gasteiger partial charge is 0.164 e. The molecule has 2 nitrogen and oxygen atoms in total. The topological polar surface area (TPSA) is 18.5 Å². The second kappa shape index (κ2) is 8.77. The van der Waals surface area contributed by atoms with Gasteiger partial charge in [0.15, 0.2) is 33.9 Å². The minimum Gasteiger partial charge on any atom is -0.164 e. The van der Waals surface area contributed by atoms with Gasteiger partial charge >= 0.3 is 0 Å². The van der Waals surface area contributed by atoms with Crippen molar-refractivity contribution in [3.63, 3.8) is 0 Å². The highest BCUT2D eigenvalue weighted by Gasteiger charge is 2.38. The van der Waals surface area contributed by atoms with E-state index >= 15 is 0 Å². The number of hydrogen-bond donors (Lipinski definition) is 0. The molecule has 0 bridgehead atoms. The zero-order chi connectivity index (χ0) is 17.5. The van der Waals surface area contributed by atoms with Gasteiger partial charge in [-0.15, -0.1) is 6.58 Å². The zero-order valence-electron chi connectivity index (χ0n) is 14.5. The van der Waals surface area contributed by atoms with Crippen LogP contribution in [-0.4, -0.2) is 11.2 Å². The van der Waals surface area contributed by atoms with E-state index < -0.39 is 5.60 Å². The maximum Gasteiger partial charge on any atom is 0.187 e. The molecule has 0 aliphatic carbocycles. The molecule has 0 amide bonds. The summed E-state index contributed by atoms with van der Waals surface area (Å²) in [6, 6.07) is 20.3. The lowest BCUT2D eigenvalue weighted by Gasteiger charge is -2.28. The Hall–Kier alpha value is -1.20. The van der Waals surface area contributed by atoms with E-state index in [-0.39, 0.29) is 5.60 Å². The molecule has 128 valence electrons. The standard InChI is InChI=1S/C20H24O2S2/c1-5-20(4,22-24-18-14-10-7-11-15-18)16-19(2,3)21-23-17-12-8-6-9-13-17/h5-15H,1,16H2,2-4H3/p+2. The van der Waals surface area contributed by atoms with Crippen molar-refractivity contribution in [1.29, 1.82) is 0 Å². The monoisotopic (exact) mass is 362 g/mol. The molecule has 2 aromatic carbocycles. The van der Waals surface area contributed by atoms with E-state index in [4.69, 9.17) is 8.37 Å². The third-order valence-electron chi connectivity index (χ3n) is 3.48. The second-order valence-electron chi connectivity index (χ2n) is 6.49. The summed E-state index contributed by atoms with van der Waals surface area (Å²) in [7, 11) is 0. The Labute approximate surface area is 154 Å². The molecule has 24 heavy (non-hydrogen) atoms. The molecule has 0 spiro atoms. The van der Waals surface area contributed by atoms with Crippen LogP contribution in [0.25, 0.3) is 0 Å². The minimum absolute atomic E-state index is 0.327. The van der Waals surface area contributed by atoms with Crippen LogP contribution in [0.3, 0.4) is 0 Å². The predicted molar refractivity (Wildman–Crippen MR) is 106 cm³/mol. The molecule has 0 fully saturated rings. The fourth-order valence-corrected chi connectivity index (χ4v) is 3.79. The Morgan fingerprint density at radius 2 is 1.29 bits per heavy atom.